The molecule has 6 heteroatoms. The SMILES string of the molecule is CB(O)N1CCC2(CC1)CC(=O)c1sccc1O2. The van der Waals surface area contributed by atoms with Crippen molar-refractivity contribution in [3.63, 3.8) is 0 Å². The smallest absolute Gasteiger partial charge is 0.376 e. The van der Waals surface area contributed by atoms with E-state index in [9.17, 15) is 9.82 Å². The fraction of sp³-hybridized carbons (Fsp3) is 0.583. The molecule has 1 spiro atoms. The monoisotopic (exact) mass is 265 g/mol. The lowest BCUT2D eigenvalue weighted by atomic mass is 9.77. The zero-order chi connectivity index (χ0) is 12.8. The molecule has 18 heavy (non-hydrogen) atoms. The molecular formula is C12H16BNO3S. The molecule has 0 saturated carbocycles. The van der Waals surface area contributed by atoms with Crippen molar-refractivity contribution in [2.75, 3.05) is 13.1 Å². The van der Waals surface area contributed by atoms with Crippen LogP contribution in [-0.2, 0) is 0 Å². The molecule has 1 aromatic heterocycles. The van der Waals surface area contributed by atoms with E-state index in [1.807, 2.05) is 16.3 Å². The van der Waals surface area contributed by atoms with Crippen LogP contribution in [0.3, 0.4) is 0 Å². The number of rotatable bonds is 1. The molecule has 0 unspecified atom stereocenters. The first-order valence-electron chi connectivity index (χ1n) is 6.31. The van der Waals surface area contributed by atoms with Crippen LogP contribution in [-0.4, -0.2) is 41.4 Å². The first kappa shape index (κ1) is 12.2. The third kappa shape index (κ3) is 1.98. The van der Waals surface area contributed by atoms with Crippen LogP contribution >= 0.6 is 11.3 Å². The van der Waals surface area contributed by atoms with E-state index < -0.39 is 7.05 Å². The van der Waals surface area contributed by atoms with Gasteiger partial charge in [-0.25, -0.2) is 0 Å². The summed E-state index contributed by atoms with van der Waals surface area (Å²) in [4.78, 5) is 14.9. The number of carbonyl (C=O) groups is 1. The summed E-state index contributed by atoms with van der Waals surface area (Å²) in [7, 11) is -0.418. The number of nitrogens with zero attached hydrogens (tertiary/aromatic N) is 1. The van der Waals surface area contributed by atoms with Gasteiger partial charge in [0.1, 0.15) is 16.2 Å². The third-order valence-electron chi connectivity index (χ3n) is 3.93. The maximum atomic E-state index is 12.1. The standard InChI is InChI=1S/C12H16BNO3S/c1-13(16)14-5-3-12(4-6-14)8-9(15)11-10(17-12)2-7-18-11/h2,7,16H,3-6,8H2,1H3. The van der Waals surface area contributed by atoms with E-state index in [2.05, 4.69) is 0 Å². The van der Waals surface area contributed by atoms with Gasteiger partial charge in [0.15, 0.2) is 5.78 Å². The van der Waals surface area contributed by atoms with Gasteiger partial charge in [0.25, 0.3) is 0 Å². The second-order valence-corrected chi connectivity index (χ2v) is 6.08. The summed E-state index contributed by atoms with van der Waals surface area (Å²) in [5, 5.41) is 11.5. The summed E-state index contributed by atoms with van der Waals surface area (Å²) in [5.41, 5.74) is -0.337. The highest BCUT2D eigenvalue weighted by molar-refractivity contribution is 7.12. The zero-order valence-corrected chi connectivity index (χ0v) is 11.2. The van der Waals surface area contributed by atoms with Gasteiger partial charge in [-0.15, -0.1) is 11.3 Å². The molecule has 0 aromatic carbocycles. The molecule has 3 rings (SSSR count). The van der Waals surface area contributed by atoms with Crippen LogP contribution in [0, 0.1) is 0 Å². The van der Waals surface area contributed by atoms with Gasteiger partial charge in [-0.3, -0.25) is 4.79 Å². The van der Waals surface area contributed by atoms with Gasteiger partial charge in [0.2, 0.25) is 0 Å². The van der Waals surface area contributed by atoms with Gasteiger partial charge in [-0.1, -0.05) is 0 Å². The van der Waals surface area contributed by atoms with E-state index >= 15 is 0 Å². The van der Waals surface area contributed by atoms with E-state index in [0.29, 0.717) is 6.42 Å². The van der Waals surface area contributed by atoms with Crippen LogP contribution in [0.1, 0.15) is 28.9 Å². The number of hydrogen-bond acceptors (Lipinski definition) is 5. The largest absolute Gasteiger partial charge is 0.485 e. The highest BCUT2D eigenvalue weighted by Crippen LogP contribution is 2.41. The van der Waals surface area contributed by atoms with E-state index in [-0.39, 0.29) is 11.4 Å². The van der Waals surface area contributed by atoms with Crippen molar-refractivity contribution in [1.29, 1.82) is 0 Å². The Morgan fingerprint density at radius 2 is 2.22 bits per heavy atom. The van der Waals surface area contributed by atoms with Crippen LogP contribution in [0.4, 0.5) is 0 Å². The number of fused-ring (bicyclic) bond motifs is 1. The number of piperidine rings is 1. The predicted molar refractivity (Wildman–Crippen MR) is 71.3 cm³/mol. The Morgan fingerprint density at radius 3 is 2.89 bits per heavy atom. The molecule has 0 amide bonds. The molecule has 3 heterocycles. The number of carbonyl (C=O) groups excluding carboxylic acids is 1. The molecule has 0 aliphatic carbocycles. The van der Waals surface area contributed by atoms with Crippen LogP contribution in [0.25, 0.3) is 0 Å². The molecule has 4 nitrogen and oxygen atoms in total. The first-order chi connectivity index (χ1) is 8.60. The summed E-state index contributed by atoms with van der Waals surface area (Å²) < 4.78 is 6.08. The topological polar surface area (TPSA) is 49.8 Å². The van der Waals surface area contributed by atoms with Crippen molar-refractivity contribution >= 4 is 24.2 Å². The molecule has 1 fully saturated rings. The zero-order valence-electron chi connectivity index (χ0n) is 10.4. The molecule has 96 valence electrons. The molecule has 1 N–H and O–H groups in total. The number of hydrogen-bond donors (Lipinski definition) is 1. The Kier molecular flexibility index (Phi) is 2.96. The molecule has 1 aromatic rings. The van der Waals surface area contributed by atoms with Gasteiger partial charge >= 0.3 is 7.05 Å². The average molecular weight is 265 g/mol. The van der Waals surface area contributed by atoms with Crippen molar-refractivity contribution < 1.29 is 14.6 Å². The molecular weight excluding hydrogens is 249 g/mol. The van der Waals surface area contributed by atoms with Crippen LogP contribution in [0.15, 0.2) is 11.4 Å². The second-order valence-electron chi connectivity index (χ2n) is 5.17. The highest BCUT2D eigenvalue weighted by atomic mass is 32.1. The lowest BCUT2D eigenvalue weighted by Gasteiger charge is -2.43. The minimum Gasteiger partial charge on any atom is -0.485 e. The fourth-order valence-corrected chi connectivity index (χ4v) is 3.56. The van der Waals surface area contributed by atoms with Crippen LogP contribution in [0.5, 0.6) is 5.75 Å². The maximum absolute atomic E-state index is 12.1. The average Bonchev–Trinajstić information content (AvgIpc) is 2.77. The minimum absolute atomic E-state index is 0.205. The third-order valence-corrected chi connectivity index (χ3v) is 4.87. The lowest BCUT2D eigenvalue weighted by Crippen LogP contribution is -2.53. The quantitative estimate of drug-likeness (QED) is 0.784. The molecule has 1 saturated heterocycles. The van der Waals surface area contributed by atoms with Crippen molar-refractivity contribution in [3.05, 3.63) is 16.3 Å². The van der Waals surface area contributed by atoms with E-state index in [4.69, 9.17) is 4.74 Å². The summed E-state index contributed by atoms with van der Waals surface area (Å²) in [6, 6.07) is 1.89. The summed E-state index contributed by atoms with van der Waals surface area (Å²) in [5.74, 6) is 0.957. The lowest BCUT2D eigenvalue weighted by molar-refractivity contribution is 0.00407. The van der Waals surface area contributed by atoms with E-state index in [1.54, 1.807) is 6.82 Å². The molecule has 2 aliphatic rings. The van der Waals surface area contributed by atoms with Crippen LogP contribution in [0.2, 0.25) is 6.82 Å². The summed E-state index contributed by atoms with van der Waals surface area (Å²) in [6.07, 6.45) is 2.09. The Bertz CT molecular complexity index is 466. The van der Waals surface area contributed by atoms with Crippen molar-refractivity contribution in [1.82, 2.24) is 4.81 Å². The Morgan fingerprint density at radius 1 is 1.50 bits per heavy atom. The van der Waals surface area contributed by atoms with E-state index in [0.717, 1.165) is 36.6 Å². The van der Waals surface area contributed by atoms with Crippen molar-refractivity contribution in [2.45, 2.75) is 31.7 Å². The number of thiophene rings is 1. The first-order valence-corrected chi connectivity index (χ1v) is 7.19. The maximum Gasteiger partial charge on any atom is 0.376 e. The Hall–Kier alpha value is -0.845. The van der Waals surface area contributed by atoms with Crippen molar-refractivity contribution in [3.8, 4) is 5.75 Å². The van der Waals surface area contributed by atoms with Gasteiger partial charge in [0, 0.05) is 0 Å². The number of ether oxygens (including phenoxy) is 1. The van der Waals surface area contributed by atoms with E-state index in [1.165, 1.54) is 11.3 Å². The summed E-state index contributed by atoms with van der Waals surface area (Å²) >= 11 is 1.46. The normalized spacial score (nSPS) is 22.7. The van der Waals surface area contributed by atoms with Gasteiger partial charge < -0.3 is 14.6 Å². The van der Waals surface area contributed by atoms with Gasteiger partial charge in [-0.2, -0.15) is 0 Å². The number of ketones is 1. The molecule has 0 bridgehead atoms. The molecule has 0 radical (unpaired) electrons. The molecule has 2 aliphatic heterocycles. The van der Waals surface area contributed by atoms with Crippen molar-refractivity contribution in [2.24, 2.45) is 0 Å². The fourth-order valence-electron chi connectivity index (χ4n) is 2.81. The highest BCUT2D eigenvalue weighted by Gasteiger charge is 2.44. The molecule has 0 atom stereocenters. The Balaban J connectivity index is 1.77. The second kappa shape index (κ2) is 4.37. The number of Topliss-reactive ketones (excluding diaryl/α,β-unsaturated/α-hetero) is 1. The Labute approximate surface area is 111 Å². The predicted octanol–water partition coefficient (Wildman–Crippen LogP) is 1.66. The minimum atomic E-state index is -0.418. The van der Waals surface area contributed by atoms with Gasteiger partial charge in [-0.05, 0) is 44.2 Å². The van der Waals surface area contributed by atoms with Gasteiger partial charge in [0.05, 0.1) is 6.42 Å². The summed E-state index contributed by atoms with van der Waals surface area (Å²) in [6.45, 7) is 3.34. The van der Waals surface area contributed by atoms with Crippen LogP contribution < -0.4 is 4.74 Å².